The summed E-state index contributed by atoms with van der Waals surface area (Å²) in [5, 5.41) is 10.9. The average molecular weight is 265 g/mol. The van der Waals surface area contributed by atoms with Crippen LogP contribution in [0.15, 0.2) is 30.4 Å². The molecule has 1 amide bonds. The molecular weight excluding hydrogens is 250 g/mol. The maximum atomic E-state index is 11.3. The molecule has 6 nitrogen and oxygen atoms in total. The second-order valence-electron chi connectivity index (χ2n) is 3.57. The van der Waals surface area contributed by atoms with Gasteiger partial charge in [0.15, 0.2) is 0 Å². The van der Waals surface area contributed by atoms with E-state index < -0.39 is 11.9 Å². The Bertz CT molecular complexity index is 496. The van der Waals surface area contributed by atoms with Crippen LogP contribution in [-0.4, -0.2) is 31.2 Å². The highest BCUT2D eigenvalue weighted by Crippen LogP contribution is 2.24. The minimum Gasteiger partial charge on any atom is -0.497 e. The summed E-state index contributed by atoms with van der Waals surface area (Å²) in [5.74, 6) is -0.419. The highest BCUT2D eigenvalue weighted by atomic mass is 16.5. The van der Waals surface area contributed by atoms with Crippen LogP contribution in [0, 0.1) is 0 Å². The van der Waals surface area contributed by atoms with Crippen molar-refractivity contribution in [3.63, 3.8) is 0 Å². The van der Waals surface area contributed by atoms with Crippen LogP contribution >= 0.6 is 0 Å². The summed E-state index contributed by atoms with van der Waals surface area (Å²) >= 11 is 0. The van der Waals surface area contributed by atoms with E-state index in [-0.39, 0.29) is 6.54 Å². The van der Waals surface area contributed by atoms with Gasteiger partial charge in [-0.25, -0.2) is 4.79 Å². The number of carbonyl (C=O) groups is 2. The molecule has 0 aliphatic carbocycles. The fourth-order valence-corrected chi connectivity index (χ4v) is 1.39. The third-order valence-corrected chi connectivity index (χ3v) is 2.32. The molecule has 0 atom stereocenters. The molecule has 2 N–H and O–H groups in total. The topological polar surface area (TPSA) is 84.9 Å². The third-order valence-electron chi connectivity index (χ3n) is 2.32. The quantitative estimate of drug-likeness (QED) is 0.748. The second kappa shape index (κ2) is 7.05. The summed E-state index contributed by atoms with van der Waals surface area (Å²) in [6.45, 7) is 0.232. The summed E-state index contributed by atoms with van der Waals surface area (Å²) < 4.78 is 10.2. The predicted molar refractivity (Wildman–Crippen MR) is 68.2 cm³/mol. The lowest BCUT2D eigenvalue weighted by Crippen LogP contribution is -2.21. The zero-order chi connectivity index (χ0) is 14.3. The van der Waals surface area contributed by atoms with Crippen LogP contribution in [-0.2, 0) is 16.1 Å². The molecule has 1 aromatic rings. The van der Waals surface area contributed by atoms with Crippen LogP contribution in [0.1, 0.15) is 5.56 Å². The number of hydrogen-bond acceptors (Lipinski definition) is 4. The van der Waals surface area contributed by atoms with E-state index >= 15 is 0 Å². The first kappa shape index (κ1) is 14.6. The van der Waals surface area contributed by atoms with Crippen molar-refractivity contribution >= 4 is 11.9 Å². The highest BCUT2D eigenvalue weighted by Gasteiger charge is 2.06. The maximum Gasteiger partial charge on any atom is 0.328 e. The minimum atomic E-state index is -1.17. The van der Waals surface area contributed by atoms with Crippen LogP contribution in [0.5, 0.6) is 11.5 Å². The molecule has 0 aliphatic heterocycles. The summed E-state index contributed by atoms with van der Waals surface area (Å²) in [6.07, 6.45) is 1.74. The van der Waals surface area contributed by atoms with Gasteiger partial charge in [0.2, 0.25) is 5.91 Å². The summed E-state index contributed by atoms with van der Waals surface area (Å²) in [7, 11) is 3.07. The predicted octanol–water partition coefficient (Wildman–Crippen LogP) is 0.961. The first-order chi connectivity index (χ1) is 9.06. The van der Waals surface area contributed by atoms with Gasteiger partial charge < -0.3 is 19.9 Å². The van der Waals surface area contributed by atoms with Crippen molar-refractivity contribution in [1.82, 2.24) is 5.32 Å². The van der Waals surface area contributed by atoms with Gasteiger partial charge >= 0.3 is 5.97 Å². The van der Waals surface area contributed by atoms with E-state index in [1.54, 1.807) is 25.3 Å². The van der Waals surface area contributed by atoms with Gasteiger partial charge in [-0.2, -0.15) is 0 Å². The van der Waals surface area contributed by atoms with Crippen molar-refractivity contribution in [3.8, 4) is 11.5 Å². The molecule has 0 spiro atoms. The largest absolute Gasteiger partial charge is 0.497 e. The SMILES string of the molecule is COc1ccc(CNC(=O)C=CC(=O)O)c(OC)c1. The van der Waals surface area contributed by atoms with E-state index in [1.165, 1.54) is 7.11 Å². The first-order valence-corrected chi connectivity index (χ1v) is 5.46. The Kier molecular flexibility index (Phi) is 5.40. The average Bonchev–Trinajstić information content (AvgIpc) is 2.42. The van der Waals surface area contributed by atoms with Gasteiger partial charge in [-0.05, 0) is 12.1 Å². The van der Waals surface area contributed by atoms with Crippen molar-refractivity contribution in [2.45, 2.75) is 6.54 Å². The molecule has 0 aliphatic rings. The fraction of sp³-hybridized carbons (Fsp3) is 0.231. The van der Waals surface area contributed by atoms with Crippen molar-refractivity contribution in [1.29, 1.82) is 0 Å². The van der Waals surface area contributed by atoms with Gasteiger partial charge in [0.1, 0.15) is 11.5 Å². The lowest BCUT2D eigenvalue weighted by molar-refractivity contribution is -0.131. The first-order valence-electron chi connectivity index (χ1n) is 5.46. The molecule has 19 heavy (non-hydrogen) atoms. The van der Waals surface area contributed by atoms with E-state index in [1.807, 2.05) is 0 Å². The van der Waals surface area contributed by atoms with Crippen LogP contribution in [0.4, 0.5) is 0 Å². The summed E-state index contributed by atoms with van der Waals surface area (Å²) in [6, 6.07) is 5.21. The molecule has 102 valence electrons. The van der Waals surface area contributed by atoms with E-state index in [9.17, 15) is 9.59 Å². The molecule has 0 unspecified atom stereocenters. The van der Waals surface area contributed by atoms with Gasteiger partial charge in [-0.15, -0.1) is 0 Å². The van der Waals surface area contributed by atoms with Crippen molar-refractivity contribution in [2.24, 2.45) is 0 Å². The minimum absolute atomic E-state index is 0.232. The number of nitrogens with one attached hydrogen (secondary N) is 1. The molecule has 0 heterocycles. The van der Waals surface area contributed by atoms with Gasteiger partial charge in [-0.1, -0.05) is 0 Å². The van der Waals surface area contributed by atoms with E-state index in [0.717, 1.165) is 17.7 Å². The van der Waals surface area contributed by atoms with Crippen molar-refractivity contribution in [2.75, 3.05) is 14.2 Å². The third kappa shape index (κ3) is 4.71. The maximum absolute atomic E-state index is 11.3. The number of rotatable bonds is 6. The number of benzene rings is 1. The Morgan fingerprint density at radius 2 is 2.00 bits per heavy atom. The standard InChI is InChI=1S/C13H15NO5/c1-18-10-4-3-9(11(7-10)19-2)8-14-12(15)5-6-13(16)17/h3-7H,8H2,1-2H3,(H,14,15)(H,16,17). The van der Waals surface area contributed by atoms with Gasteiger partial charge in [0, 0.05) is 30.3 Å². The number of ether oxygens (including phenoxy) is 2. The van der Waals surface area contributed by atoms with Crippen molar-refractivity contribution < 1.29 is 24.2 Å². The number of aliphatic carboxylic acids is 1. The monoisotopic (exact) mass is 265 g/mol. The summed E-state index contributed by atoms with van der Waals surface area (Å²) in [5.41, 5.74) is 0.764. The van der Waals surface area contributed by atoms with Crippen LogP contribution in [0.3, 0.4) is 0 Å². The Morgan fingerprint density at radius 3 is 2.58 bits per heavy atom. The molecule has 6 heteroatoms. The lowest BCUT2D eigenvalue weighted by atomic mass is 10.2. The lowest BCUT2D eigenvalue weighted by Gasteiger charge is -2.10. The molecule has 0 radical (unpaired) electrons. The Morgan fingerprint density at radius 1 is 1.26 bits per heavy atom. The Balaban J connectivity index is 2.67. The zero-order valence-electron chi connectivity index (χ0n) is 10.7. The van der Waals surface area contributed by atoms with Gasteiger partial charge in [-0.3, -0.25) is 4.79 Å². The Labute approximate surface area is 110 Å². The van der Waals surface area contributed by atoms with Gasteiger partial charge in [0.05, 0.1) is 14.2 Å². The normalized spacial score (nSPS) is 10.2. The number of carboxylic acids is 1. The van der Waals surface area contributed by atoms with Crippen LogP contribution in [0.25, 0.3) is 0 Å². The molecule has 0 fully saturated rings. The molecule has 0 saturated heterocycles. The number of amides is 1. The van der Waals surface area contributed by atoms with Gasteiger partial charge in [0.25, 0.3) is 0 Å². The van der Waals surface area contributed by atoms with Crippen LogP contribution in [0.2, 0.25) is 0 Å². The van der Waals surface area contributed by atoms with E-state index in [2.05, 4.69) is 5.32 Å². The fourth-order valence-electron chi connectivity index (χ4n) is 1.39. The number of hydrogen-bond donors (Lipinski definition) is 2. The van der Waals surface area contributed by atoms with Crippen molar-refractivity contribution in [3.05, 3.63) is 35.9 Å². The second-order valence-corrected chi connectivity index (χ2v) is 3.57. The zero-order valence-corrected chi connectivity index (χ0v) is 10.7. The molecule has 1 rings (SSSR count). The number of carbonyl (C=O) groups excluding carboxylic acids is 1. The number of methoxy groups -OCH3 is 2. The molecule has 0 aromatic heterocycles. The molecular formula is C13H15NO5. The molecule has 0 saturated carbocycles. The van der Waals surface area contributed by atoms with E-state index in [0.29, 0.717) is 11.5 Å². The van der Waals surface area contributed by atoms with E-state index in [4.69, 9.17) is 14.6 Å². The molecule has 0 bridgehead atoms. The Hall–Kier alpha value is -2.50. The smallest absolute Gasteiger partial charge is 0.328 e. The highest BCUT2D eigenvalue weighted by molar-refractivity contribution is 5.93. The molecule has 1 aromatic carbocycles. The van der Waals surface area contributed by atoms with Crippen LogP contribution < -0.4 is 14.8 Å². The number of carboxylic acid groups (broad SMARTS) is 1. The summed E-state index contributed by atoms with van der Waals surface area (Å²) in [4.78, 5) is 21.6.